The number of pyridine rings is 1. The fourth-order valence-corrected chi connectivity index (χ4v) is 2.62. The lowest BCUT2D eigenvalue weighted by Crippen LogP contribution is -2.21. The van der Waals surface area contributed by atoms with Gasteiger partial charge in [0, 0.05) is 18.3 Å². The van der Waals surface area contributed by atoms with Crippen LogP contribution in [-0.4, -0.2) is 17.8 Å². The minimum Gasteiger partial charge on any atom is -0.383 e. The fraction of sp³-hybridized carbons (Fsp3) is 0.294. The Labute approximate surface area is 124 Å². The normalized spacial score (nSPS) is 10.5. The number of carbonyl (C=O) groups is 1. The molecule has 1 aromatic heterocycles. The van der Waals surface area contributed by atoms with E-state index in [2.05, 4.69) is 10.3 Å². The molecule has 0 saturated carbocycles. The molecule has 0 aliphatic carbocycles. The highest BCUT2D eigenvalue weighted by molar-refractivity contribution is 6.13. The van der Waals surface area contributed by atoms with E-state index in [1.165, 1.54) is 0 Å². The summed E-state index contributed by atoms with van der Waals surface area (Å²) in [5, 5.41) is 2.87. The SMILES string of the molecule is CCc1c(C)[nH]c(=O)c(NC)c1C(=O)c1cccc(C)c1. The third kappa shape index (κ3) is 2.75. The van der Waals surface area contributed by atoms with Crippen LogP contribution in [0.5, 0.6) is 0 Å². The first-order valence-corrected chi connectivity index (χ1v) is 7.04. The highest BCUT2D eigenvalue weighted by Gasteiger charge is 2.21. The van der Waals surface area contributed by atoms with Crippen molar-refractivity contribution in [1.29, 1.82) is 0 Å². The Kier molecular flexibility index (Phi) is 4.26. The second-order valence-electron chi connectivity index (χ2n) is 5.11. The van der Waals surface area contributed by atoms with Crippen molar-refractivity contribution in [3.63, 3.8) is 0 Å². The number of aromatic amines is 1. The van der Waals surface area contributed by atoms with Crippen molar-refractivity contribution in [3.05, 3.63) is 62.6 Å². The standard InChI is InChI=1S/C17H20N2O2/c1-5-13-11(3)19-17(21)15(18-4)14(13)16(20)12-8-6-7-10(2)9-12/h6-9,18H,5H2,1-4H3,(H,19,21). The summed E-state index contributed by atoms with van der Waals surface area (Å²) in [6.07, 6.45) is 0.685. The second-order valence-corrected chi connectivity index (χ2v) is 5.11. The Balaban J connectivity index is 2.72. The van der Waals surface area contributed by atoms with Crippen molar-refractivity contribution >= 4 is 11.5 Å². The van der Waals surface area contributed by atoms with Crippen molar-refractivity contribution in [3.8, 4) is 0 Å². The van der Waals surface area contributed by atoms with E-state index in [0.717, 1.165) is 16.8 Å². The van der Waals surface area contributed by atoms with Crippen LogP contribution < -0.4 is 10.9 Å². The summed E-state index contributed by atoms with van der Waals surface area (Å²) < 4.78 is 0. The van der Waals surface area contributed by atoms with Crippen LogP contribution in [0, 0.1) is 13.8 Å². The van der Waals surface area contributed by atoms with Gasteiger partial charge in [0.25, 0.3) is 5.56 Å². The molecule has 0 saturated heterocycles. The quantitative estimate of drug-likeness (QED) is 0.849. The molecule has 0 bridgehead atoms. The van der Waals surface area contributed by atoms with Gasteiger partial charge in [-0.1, -0.05) is 30.7 Å². The van der Waals surface area contributed by atoms with Gasteiger partial charge >= 0.3 is 0 Å². The molecule has 21 heavy (non-hydrogen) atoms. The number of rotatable bonds is 4. The first-order valence-electron chi connectivity index (χ1n) is 7.04. The van der Waals surface area contributed by atoms with Crippen molar-refractivity contribution in [2.45, 2.75) is 27.2 Å². The highest BCUT2D eigenvalue weighted by Crippen LogP contribution is 2.23. The lowest BCUT2D eigenvalue weighted by atomic mass is 9.94. The molecule has 1 heterocycles. The molecule has 0 aliphatic rings. The molecule has 0 atom stereocenters. The Morgan fingerprint density at radius 1 is 1.29 bits per heavy atom. The van der Waals surface area contributed by atoms with E-state index >= 15 is 0 Å². The summed E-state index contributed by atoms with van der Waals surface area (Å²) in [5.74, 6) is -0.117. The Morgan fingerprint density at radius 3 is 2.57 bits per heavy atom. The molecule has 4 heteroatoms. The van der Waals surface area contributed by atoms with Gasteiger partial charge in [0.15, 0.2) is 5.78 Å². The molecule has 2 N–H and O–H groups in total. The van der Waals surface area contributed by atoms with E-state index < -0.39 is 0 Å². The van der Waals surface area contributed by atoms with Crippen molar-refractivity contribution in [1.82, 2.24) is 4.98 Å². The number of ketones is 1. The molecule has 0 radical (unpaired) electrons. The van der Waals surface area contributed by atoms with Gasteiger partial charge in [0.2, 0.25) is 0 Å². The van der Waals surface area contributed by atoms with Gasteiger partial charge in [-0.05, 0) is 31.9 Å². The molecule has 2 rings (SSSR count). The third-order valence-corrected chi connectivity index (χ3v) is 3.64. The zero-order valence-electron chi connectivity index (χ0n) is 12.8. The minimum absolute atomic E-state index is 0.117. The number of benzene rings is 1. The maximum atomic E-state index is 12.9. The topological polar surface area (TPSA) is 62.0 Å². The Hall–Kier alpha value is -2.36. The number of hydrogen-bond donors (Lipinski definition) is 2. The van der Waals surface area contributed by atoms with Crippen LogP contribution in [0.15, 0.2) is 29.1 Å². The number of nitrogens with one attached hydrogen (secondary N) is 2. The summed E-state index contributed by atoms with van der Waals surface area (Å²) >= 11 is 0. The van der Waals surface area contributed by atoms with Crippen LogP contribution in [0.4, 0.5) is 5.69 Å². The van der Waals surface area contributed by atoms with Crippen LogP contribution in [0.3, 0.4) is 0 Å². The van der Waals surface area contributed by atoms with Crippen LogP contribution in [0.1, 0.15) is 39.7 Å². The van der Waals surface area contributed by atoms with E-state index in [1.807, 2.05) is 39.0 Å². The van der Waals surface area contributed by atoms with Crippen molar-refractivity contribution in [2.24, 2.45) is 0 Å². The summed E-state index contributed by atoms with van der Waals surface area (Å²) in [6, 6.07) is 7.43. The van der Waals surface area contributed by atoms with E-state index in [4.69, 9.17) is 0 Å². The minimum atomic E-state index is -0.261. The predicted octanol–water partition coefficient (Wildman–Crippen LogP) is 2.83. The average molecular weight is 284 g/mol. The third-order valence-electron chi connectivity index (χ3n) is 3.64. The monoisotopic (exact) mass is 284 g/mol. The number of aromatic nitrogens is 1. The van der Waals surface area contributed by atoms with Gasteiger partial charge in [-0.2, -0.15) is 0 Å². The summed E-state index contributed by atoms with van der Waals surface area (Å²) in [6.45, 7) is 5.75. The van der Waals surface area contributed by atoms with Crippen molar-refractivity contribution in [2.75, 3.05) is 12.4 Å². The number of hydrogen-bond acceptors (Lipinski definition) is 3. The molecule has 2 aromatic rings. The van der Waals surface area contributed by atoms with Crippen LogP contribution in [-0.2, 0) is 6.42 Å². The first kappa shape index (κ1) is 15.0. The Morgan fingerprint density at radius 2 is 2.00 bits per heavy atom. The average Bonchev–Trinajstić information content (AvgIpc) is 2.46. The zero-order chi connectivity index (χ0) is 15.6. The molecule has 4 nitrogen and oxygen atoms in total. The largest absolute Gasteiger partial charge is 0.383 e. The highest BCUT2D eigenvalue weighted by atomic mass is 16.1. The molecule has 1 aromatic carbocycles. The maximum absolute atomic E-state index is 12.9. The summed E-state index contributed by atoms with van der Waals surface area (Å²) in [4.78, 5) is 27.8. The molecule has 0 fully saturated rings. The van der Waals surface area contributed by atoms with Gasteiger partial charge in [0.1, 0.15) is 5.69 Å². The number of anilines is 1. The van der Waals surface area contributed by atoms with Crippen molar-refractivity contribution < 1.29 is 4.79 Å². The molecule has 0 aliphatic heterocycles. The number of carbonyl (C=O) groups excluding carboxylic acids is 1. The van der Waals surface area contributed by atoms with Crippen LogP contribution in [0.2, 0.25) is 0 Å². The Bertz CT molecular complexity index is 745. The zero-order valence-corrected chi connectivity index (χ0v) is 12.8. The predicted molar refractivity (Wildman–Crippen MR) is 85.3 cm³/mol. The smallest absolute Gasteiger partial charge is 0.272 e. The molecule has 0 amide bonds. The first-order chi connectivity index (χ1) is 9.99. The summed E-state index contributed by atoms with van der Waals surface area (Å²) in [7, 11) is 1.66. The van der Waals surface area contributed by atoms with Gasteiger partial charge in [-0.3, -0.25) is 9.59 Å². The molecule has 0 unspecified atom stereocenters. The second kappa shape index (κ2) is 5.95. The lowest BCUT2D eigenvalue weighted by Gasteiger charge is -2.14. The van der Waals surface area contributed by atoms with E-state index in [-0.39, 0.29) is 11.3 Å². The lowest BCUT2D eigenvalue weighted by molar-refractivity contribution is 0.103. The van der Waals surface area contributed by atoms with Gasteiger partial charge in [-0.25, -0.2) is 0 Å². The molecule has 0 spiro atoms. The number of H-pyrrole nitrogens is 1. The van der Waals surface area contributed by atoms with E-state index in [1.54, 1.807) is 13.1 Å². The fourth-order valence-electron chi connectivity index (χ4n) is 2.62. The summed E-state index contributed by atoms with van der Waals surface area (Å²) in [5.41, 5.74) is 3.81. The maximum Gasteiger partial charge on any atom is 0.272 e. The molecular formula is C17H20N2O2. The van der Waals surface area contributed by atoms with Gasteiger partial charge < -0.3 is 10.3 Å². The molecule has 110 valence electrons. The van der Waals surface area contributed by atoms with E-state index in [9.17, 15) is 9.59 Å². The van der Waals surface area contributed by atoms with Gasteiger partial charge in [0.05, 0.1) is 5.56 Å². The van der Waals surface area contributed by atoms with Crippen LogP contribution in [0.25, 0.3) is 0 Å². The number of aryl methyl sites for hydroxylation is 2. The van der Waals surface area contributed by atoms with Crippen LogP contribution >= 0.6 is 0 Å². The van der Waals surface area contributed by atoms with Gasteiger partial charge in [-0.15, -0.1) is 0 Å². The molecular weight excluding hydrogens is 264 g/mol. The van der Waals surface area contributed by atoms with E-state index in [0.29, 0.717) is 23.2 Å².